The van der Waals surface area contributed by atoms with E-state index in [1.807, 2.05) is 0 Å². The number of benzene rings is 1. The van der Waals surface area contributed by atoms with Crippen molar-refractivity contribution in [3.05, 3.63) is 29.3 Å². The number of piperidine rings is 1. The maximum absolute atomic E-state index is 14.6. The summed E-state index contributed by atoms with van der Waals surface area (Å²) in [5, 5.41) is 4.96. The van der Waals surface area contributed by atoms with Crippen molar-refractivity contribution >= 4 is 23.6 Å². The Hall–Kier alpha value is -2.71. The van der Waals surface area contributed by atoms with Gasteiger partial charge in [0.2, 0.25) is 11.8 Å². The van der Waals surface area contributed by atoms with Gasteiger partial charge in [0.15, 0.2) is 0 Å². The Morgan fingerprint density at radius 1 is 1.10 bits per heavy atom. The summed E-state index contributed by atoms with van der Waals surface area (Å²) in [4.78, 5) is 36.8. The lowest BCUT2D eigenvalue weighted by Gasteiger charge is -2.40. The number of hydrogen-bond donors (Lipinski definition) is 2. The molecule has 3 fully saturated rings. The van der Waals surface area contributed by atoms with E-state index in [1.165, 1.54) is 12.1 Å². The Kier molecular flexibility index (Phi) is 5.38. The molecular formula is C20H23F2N3O4. The first kappa shape index (κ1) is 19.6. The number of hydrogen-bond acceptors (Lipinski definition) is 5. The molecule has 2 N–H and O–H groups in total. The van der Waals surface area contributed by atoms with Crippen LogP contribution in [0.15, 0.2) is 12.1 Å². The number of anilines is 1. The van der Waals surface area contributed by atoms with Gasteiger partial charge in [0.25, 0.3) is 0 Å². The van der Waals surface area contributed by atoms with Crippen molar-refractivity contribution < 1.29 is 27.9 Å². The van der Waals surface area contributed by atoms with E-state index in [1.54, 1.807) is 4.90 Å². The topological polar surface area (TPSA) is 87.7 Å². The van der Waals surface area contributed by atoms with Gasteiger partial charge in [-0.15, -0.1) is 0 Å². The number of halogens is 2. The summed E-state index contributed by atoms with van der Waals surface area (Å²) < 4.78 is 34.5. The Morgan fingerprint density at radius 3 is 2.38 bits per heavy atom. The fourth-order valence-electron chi connectivity index (χ4n) is 4.20. The number of nitrogens with one attached hydrogen (secondary N) is 2. The SMILES string of the molecule is O=C1CCC(c2c(F)cc(N3CC(OC(=O)NC4CCCC4)C3)cc2F)C(=O)N1. The van der Waals surface area contributed by atoms with Crippen LogP contribution in [0.5, 0.6) is 0 Å². The highest BCUT2D eigenvalue weighted by atomic mass is 19.1. The molecule has 2 heterocycles. The number of ether oxygens (including phenoxy) is 1. The van der Waals surface area contributed by atoms with Crippen LogP contribution in [0.3, 0.4) is 0 Å². The van der Waals surface area contributed by atoms with Gasteiger partial charge in [-0.3, -0.25) is 14.9 Å². The second-order valence-corrected chi connectivity index (χ2v) is 7.88. The van der Waals surface area contributed by atoms with Crippen molar-refractivity contribution in [1.82, 2.24) is 10.6 Å². The van der Waals surface area contributed by atoms with Crippen molar-refractivity contribution in [2.24, 2.45) is 0 Å². The quantitative estimate of drug-likeness (QED) is 0.748. The molecule has 1 aliphatic carbocycles. The van der Waals surface area contributed by atoms with Crippen molar-refractivity contribution in [3.63, 3.8) is 0 Å². The van der Waals surface area contributed by atoms with E-state index in [2.05, 4.69) is 10.6 Å². The van der Waals surface area contributed by atoms with Gasteiger partial charge < -0.3 is 15.0 Å². The minimum Gasteiger partial charge on any atom is -0.442 e. The Morgan fingerprint density at radius 2 is 1.76 bits per heavy atom. The van der Waals surface area contributed by atoms with Gasteiger partial charge in [0, 0.05) is 23.7 Å². The highest BCUT2D eigenvalue weighted by Gasteiger charge is 2.35. The summed E-state index contributed by atoms with van der Waals surface area (Å²) >= 11 is 0. The lowest BCUT2D eigenvalue weighted by atomic mass is 9.89. The molecule has 2 saturated heterocycles. The van der Waals surface area contributed by atoms with Crippen LogP contribution in [-0.4, -0.2) is 43.1 Å². The normalized spacial score (nSPS) is 23.0. The predicted molar refractivity (Wildman–Crippen MR) is 99.4 cm³/mol. The molecule has 3 amide bonds. The molecule has 29 heavy (non-hydrogen) atoms. The molecule has 1 atom stereocenters. The van der Waals surface area contributed by atoms with Crippen molar-refractivity contribution in [1.29, 1.82) is 0 Å². The number of carbonyl (C=O) groups excluding carboxylic acids is 3. The van der Waals surface area contributed by atoms with Crippen LogP contribution < -0.4 is 15.5 Å². The van der Waals surface area contributed by atoms with E-state index >= 15 is 0 Å². The van der Waals surface area contributed by atoms with E-state index < -0.39 is 35.5 Å². The van der Waals surface area contributed by atoms with Crippen LogP contribution in [0.1, 0.15) is 50.0 Å². The van der Waals surface area contributed by atoms with E-state index in [0.29, 0.717) is 18.8 Å². The van der Waals surface area contributed by atoms with Gasteiger partial charge in [0.1, 0.15) is 17.7 Å². The largest absolute Gasteiger partial charge is 0.442 e. The maximum Gasteiger partial charge on any atom is 0.407 e. The smallest absolute Gasteiger partial charge is 0.407 e. The first-order chi connectivity index (χ1) is 13.9. The summed E-state index contributed by atoms with van der Waals surface area (Å²) in [6, 6.07) is 2.52. The Balaban J connectivity index is 1.35. The third-order valence-electron chi connectivity index (χ3n) is 5.82. The van der Waals surface area contributed by atoms with Gasteiger partial charge in [-0.05, 0) is 31.4 Å². The molecule has 0 spiro atoms. The zero-order valence-corrected chi connectivity index (χ0v) is 15.9. The fourth-order valence-corrected chi connectivity index (χ4v) is 4.20. The second-order valence-electron chi connectivity index (χ2n) is 7.88. The lowest BCUT2D eigenvalue weighted by molar-refractivity contribution is -0.134. The first-order valence-electron chi connectivity index (χ1n) is 9.95. The molecule has 0 bridgehead atoms. The highest BCUT2D eigenvalue weighted by molar-refractivity contribution is 6.01. The van der Waals surface area contributed by atoms with Gasteiger partial charge in [-0.2, -0.15) is 0 Å². The standard InChI is InChI=1S/C20H23F2N3O4/c21-15-7-12(8-16(22)18(15)14-5-6-17(26)24-19(14)27)25-9-13(10-25)29-20(28)23-11-3-1-2-4-11/h7-8,11,13-14H,1-6,9-10H2,(H,23,28)(H,24,26,27). The summed E-state index contributed by atoms with van der Waals surface area (Å²) in [5.41, 5.74) is 0.00936. The van der Waals surface area contributed by atoms with Crippen LogP contribution in [0.2, 0.25) is 0 Å². The van der Waals surface area contributed by atoms with Gasteiger partial charge in [0.05, 0.1) is 19.0 Å². The van der Waals surface area contributed by atoms with Crippen molar-refractivity contribution in [2.45, 2.75) is 56.6 Å². The van der Waals surface area contributed by atoms with E-state index in [9.17, 15) is 23.2 Å². The third-order valence-corrected chi connectivity index (χ3v) is 5.82. The average molecular weight is 407 g/mol. The lowest BCUT2D eigenvalue weighted by Crippen LogP contribution is -2.54. The number of imide groups is 1. The van der Waals surface area contributed by atoms with Gasteiger partial charge in [-0.1, -0.05) is 12.8 Å². The Labute approximate surface area is 166 Å². The molecule has 1 unspecified atom stereocenters. The number of amides is 3. The van der Waals surface area contributed by atoms with Gasteiger partial charge >= 0.3 is 6.09 Å². The van der Waals surface area contributed by atoms with Crippen LogP contribution in [-0.2, 0) is 14.3 Å². The molecule has 9 heteroatoms. The Bertz CT molecular complexity index is 812. The zero-order valence-electron chi connectivity index (χ0n) is 15.9. The second kappa shape index (κ2) is 7.96. The van der Waals surface area contributed by atoms with Crippen molar-refractivity contribution in [2.75, 3.05) is 18.0 Å². The molecule has 1 aromatic rings. The molecule has 2 aliphatic heterocycles. The minimum absolute atomic E-state index is 0.0467. The average Bonchev–Trinajstić information content (AvgIpc) is 3.11. The number of rotatable bonds is 4. The molecule has 0 aromatic heterocycles. The molecule has 4 rings (SSSR count). The van der Waals surface area contributed by atoms with Gasteiger partial charge in [-0.25, -0.2) is 13.6 Å². The number of alkyl carbamates (subject to hydrolysis) is 1. The zero-order chi connectivity index (χ0) is 20.5. The fraction of sp³-hybridized carbons (Fsp3) is 0.550. The van der Waals surface area contributed by atoms with Crippen LogP contribution in [0.25, 0.3) is 0 Å². The van der Waals surface area contributed by atoms with E-state index in [-0.39, 0.29) is 30.6 Å². The first-order valence-corrected chi connectivity index (χ1v) is 9.95. The van der Waals surface area contributed by atoms with Crippen LogP contribution in [0.4, 0.5) is 19.3 Å². The molecule has 0 radical (unpaired) electrons. The van der Waals surface area contributed by atoms with Crippen LogP contribution in [0, 0.1) is 11.6 Å². The highest BCUT2D eigenvalue weighted by Crippen LogP contribution is 2.33. The molecular weight excluding hydrogens is 384 g/mol. The van der Waals surface area contributed by atoms with Crippen molar-refractivity contribution in [3.8, 4) is 0 Å². The minimum atomic E-state index is -1.02. The molecule has 1 aromatic carbocycles. The molecule has 156 valence electrons. The summed E-state index contributed by atoms with van der Waals surface area (Å²) in [6.45, 7) is 0.684. The summed E-state index contributed by atoms with van der Waals surface area (Å²) in [6.07, 6.45) is 3.47. The molecule has 3 aliphatic rings. The van der Waals surface area contributed by atoms with Crippen LogP contribution >= 0.6 is 0 Å². The van der Waals surface area contributed by atoms with E-state index in [4.69, 9.17) is 4.74 Å². The third kappa shape index (κ3) is 4.18. The monoisotopic (exact) mass is 407 g/mol. The maximum atomic E-state index is 14.6. The summed E-state index contributed by atoms with van der Waals surface area (Å²) in [7, 11) is 0. The molecule has 7 nitrogen and oxygen atoms in total. The number of carbonyl (C=O) groups is 3. The predicted octanol–water partition coefficient (Wildman–Crippen LogP) is 2.34. The van der Waals surface area contributed by atoms with E-state index in [0.717, 1.165) is 25.7 Å². The molecule has 1 saturated carbocycles. The number of nitrogens with zero attached hydrogens (tertiary/aromatic N) is 1. The summed E-state index contributed by atoms with van der Waals surface area (Å²) in [5.74, 6) is -3.78.